The lowest BCUT2D eigenvalue weighted by Crippen LogP contribution is -2.12. The molecule has 0 atom stereocenters. The van der Waals surface area contributed by atoms with Gasteiger partial charge in [0.15, 0.2) is 5.65 Å². The molecule has 0 unspecified atom stereocenters. The van der Waals surface area contributed by atoms with E-state index in [9.17, 15) is 0 Å². The third-order valence-electron chi connectivity index (χ3n) is 2.50. The van der Waals surface area contributed by atoms with E-state index in [1.54, 1.807) is 0 Å². The Bertz CT molecular complexity index is 503. The minimum atomic E-state index is 0.0434. The molecule has 0 saturated carbocycles. The number of rotatable bonds is 0. The number of hydrogen-bond donors (Lipinski definition) is 0. The molecule has 0 aliphatic rings. The summed E-state index contributed by atoms with van der Waals surface area (Å²) in [5.41, 5.74) is 3.25. The van der Waals surface area contributed by atoms with Crippen LogP contribution in [0, 0.1) is 13.8 Å². The highest BCUT2D eigenvalue weighted by molar-refractivity contribution is 5.49. The number of aryl methyl sites for hydroxylation is 2. The van der Waals surface area contributed by atoms with Crippen LogP contribution in [0.15, 0.2) is 12.4 Å². The van der Waals surface area contributed by atoms with Crippen LogP contribution in [0.4, 0.5) is 0 Å². The Balaban J connectivity index is 2.79. The Morgan fingerprint density at radius 1 is 1.20 bits per heavy atom. The Hall–Kier alpha value is -1.38. The van der Waals surface area contributed by atoms with E-state index in [0.29, 0.717) is 0 Å². The number of nitrogens with zero attached hydrogens (tertiary/aromatic N) is 3. The van der Waals surface area contributed by atoms with Gasteiger partial charge in [-0.1, -0.05) is 20.8 Å². The molecule has 0 bridgehead atoms. The van der Waals surface area contributed by atoms with Crippen molar-refractivity contribution in [2.75, 3.05) is 0 Å². The van der Waals surface area contributed by atoms with Gasteiger partial charge in [-0.05, 0) is 19.4 Å². The first-order valence-electron chi connectivity index (χ1n) is 5.21. The smallest absolute Gasteiger partial charge is 0.160 e. The van der Waals surface area contributed by atoms with Crippen LogP contribution in [0.2, 0.25) is 0 Å². The predicted molar refractivity (Wildman–Crippen MR) is 61.2 cm³/mol. The zero-order valence-corrected chi connectivity index (χ0v) is 10.00. The second-order valence-electron chi connectivity index (χ2n) is 5.08. The van der Waals surface area contributed by atoms with Gasteiger partial charge in [-0.15, -0.1) is 0 Å². The quantitative estimate of drug-likeness (QED) is 0.659. The molecule has 0 radical (unpaired) electrons. The summed E-state index contributed by atoms with van der Waals surface area (Å²) in [5, 5.41) is 0. The Morgan fingerprint density at radius 2 is 1.87 bits per heavy atom. The molecular weight excluding hydrogens is 186 g/mol. The van der Waals surface area contributed by atoms with Crippen molar-refractivity contribution in [3.8, 4) is 0 Å². The number of fused-ring (bicyclic) bond motifs is 1. The van der Waals surface area contributed by atoms with E-state index in [0.717, 1.165) is 22.7 Å². The topological polar surface area (TPSA) is 30.2 Å². The van der Waals surface area contributed by atoms with E-state index in [4.69, 9.17) is 0 Å². The van der Waals surface area contributed by atoms with Gasteiger partial charge in [-0.3, -0.25) is 4.40 Å². The van der Waals surface area contributed by atoms with Crippen LogP contribution >= 0.6 is 0 Å². The zero-order valence-electron chi connectivity index (χ0n) is 10.00. The summed E-state index contributed by atoms with van der Waals surface area (Å²) in [6.07, 6.45) is 3.98. The van der Waals surface area contributed by atoms with Crippen molar-refractivity contribution in [3.63, 3.8) is 0 Å². The molecule has 0 N–H and O–H groups in total. The molecule has 80 valence electrons. The minimum Gasteiger partial charge on any atom is -0.288 e. The van der Waals surface area contributed by atoms with Crippen molar-refractivity contribution in [3.05, 3.63) is 29.5 Å². The molecule has 15 heavy (non-hydrogen) atoms. The van der Waals surface area contributed by atoms with Gasteiger partial charge in [0.1, 0.15) is 5.82 Å². The van der Waals surface area contributed by atoms with Gasteiger partial charge in [-0.2, -0.15) is 0 Å². The van der Waals surface area contributed by atoms with Crippen molar-refractivity contribution in [2.45, 2.75) is 40.0 Å². The van der Waals surface area contributed by atoms with E-state index in [-0.39, 0.29) is 5.41 Å². The average molecular weight is 203 g/mol. The highest BCUT2D eigenvalue weighted by atomic mass is 15.1. The molecule has 0 amide bonds. The van der Waals surface area contributed by atoms with Gasteiger partial charge >= 0.3 is 0 Å². The van der Waals surface area contributed by atoms with Crippen molar-refractivity contribution < 1.29 is 0 Å². The summed E-state index contributed by atoms with van der Waals surface area (Å²) in [5.74, 6) is 1.01. The lowest BCUT2D eigenvalue weighted by molar-refractivity contribution is 0.575. The summed E-state index contributed by atoms with van der Waals surface area (Å²) in [4.78, 5) is 9.07. The number of imidazole rings is 1. The Labute approximate surface area is 90.2 Å². The summed E-state index contributed by atoms with van der Waals surface area (Å²) in [6, 6.07) is 0. The maximum atomic E-state index is 4.60. The third kappa shape index (κ3) is 1.62. The van der Waals surface area contributed by atoms with Gasteiger partial charge in [0.25, 0.3) is 0 Å². The van der Waals surface area contributed by atoms with Crippen LogP contribution in [0.1, 0.15) is 37.9 Å². The summed E-state index contributed by atoms with van der Waals surface area (Å²) < 4.78 is 2.07. The fourth-order valence-electron chi connectivity index (χ4n) is 1.71. The first-order valence-corrected chi connectivity index (χ1v) is 5.21. The summed E-state index contributed by atoms with van der Waals surface area (Å²) in [7, 11) is 0. The summed E-state index contributed by atoms with van der Waals surface area (Å²) in [6.45, 7) is 10.6. The van der Waals surface area contributed by atoms with Crippen LogP contribution in [0.5, 0.6) is 0 Å². The van der Waals surface area contributed by atoms with Gasteiger partial charge in [0.05, 0.1) is 5.69 Å². The van der Waals surface area contributed by atoms with Gasteiger partial charge in [-0.25, -0.2) is 9.97 Å². The second-order valence-corrected chi connectivity index (χ2v) is 5.08. The predicted octanol–water partition coefficient (Wildman–Crippen LogP) is 2.64. The zero-order chi connectivity index (χ0) is 11.2. The normalized spacial score (nSPS) is 12.3. The molecule has 0 aliphatic heterocycles. The highest BCUT2D eigenvalue weighted by Crippen LogP contribution is 2.25. The molecule has 2 aromatic rings. The van der Waals surface area contributed by atoms with Gasteiger partial charge < -0.3 is 0 Å². The maximum absolute atomic E-state index is 4.60. The molecular formula is C12H17N3. The van der Waals surface area contributed by atoms with Crippen molar-refractivity contribution in [2.24, 2.45) is 0 Å². The Morgan fingerprint density at radius 3 is 2.47 bits per heavy atom. The van der Waals surface area contributed by atoms with Crippen LogP contribution < -0.4 is 0 Å². The number of aromatic nitrogens is 3. The molecule has 3 nitrogen and oxygen atoms in total. The van der Waals surface area contributed by atoms with Crippen LogP contribution in [0.25, 0.3) is 5.65 Å². The first-order chi connectivity index (χ1) is 6.89. The largest absolute Gasteiger partial charge is 0.288 e. The molecule has 2 rings (SSSR count). The van der Waals surface area contributed by atoms with Crippen LogP contribution in [0.3, 0.4) is 0 Å². The first kappa shape index (κ1) is 10.1. The average Bonchev–Trinajstić information content (AvgIpc) is 2.43. The molecule has 0 spiro atoms. The highest BCUT2D eigenvalue weighted by Gasteiger charge is 2.22. The molecule has 0 fully saturated rings. The molecule has 2 aromatic heterocycles. The van der Waals surface area contributed by atoms with Crippen molar-refractivity contribution >= 4 is 5.65 Å². The van der Waals surface area contributed by atoms with E-state index in [1.807, 2.05) is 20.0 Å². The van der Waals surface area contributed by atoms with E-state index >= 15 is 0 Å². The minimum absolute atomic E-state index is 0.0434. The molecule has 0 aromatic carbocycles. The fraction of sp³-hybridized carbons (Fsp3) is 0.500. The van der Waals surface area contributed by atoms with Gasteiger partial charge in [0, 0.05) is 17.8 Å². The van der Waals surface area contributed by atoms with Crippen molar-refractivity contribution in [1.82, 2.24) is 14.4 Å². The maximum Gasteiger partial charge on any atom is 0.160 e. The SMILES string of the molecule is Cc1cnc2c(C(C)(C)C)nc(C)n2c1. The lowest BCUT2D eigenvalue weighted by Gasteiger charge is -2.14. The van der Waals surface area contributed by atoms with E-state index in [2.05, 4.69) is 41.3 Å². The Kier molecular flexibility index (Phi) is 2.07. The monoisotopic (exact) mass is 203 g/mol. The lowest BCUT2D eigenvalue weighted by atomic mass is 9.92. The standard InChI is InChI=1S/C12H17N3/c1-8-6-13-11-10(12(3,4)5)14-9(2)15(11)7-8/h6-7H,1-5H3. The number of hydrogen-bond acceptors (Lipinski definition) is 2. The molecule has 2 heterocycles. The van der Waals surface area contributed by atoms with Gasteiger partial charge in [0.2, 0.25) is 0 Å². The molecule has 0 aliphatic carbocycles. The van der Waals surface area contributed by atoms with Crippen molar-refractivity contribution in [1.29, 1.82) is 0 Å². The van der Waals surface area contributed by atoms with Crippen LogP contribution in [-0.4, -0.2) is 14.4 Å². The molecule has 0 saturated heterocycles. The molecule has 3 heteroatoms. The van der Waals surface area contributed by atoms with Crippen LogP contribution in [-0.2, 0) is 5.41 Å². The van der Waals surface area contributed by atoms with E-state index < -0.39 is 0 Å². The second kappa shape index (κ2) is 3.05. The van der Waals surface area contributed by atoms with E-state index in [1.165, 1.54) is 0 Å². The summed E-state index contributed by atoms with van der Waals surface area (Å²) >= 11 is 0. The third-order valence-corrected chi connectivity index (χ3v) is 2.50. The fourth-order valence-corrected chi connectivity index (χ4v) is 1.71.